The second-order valence-corrected chi connectivity index (χ2v) is 9.60. The van der Waals surface area contributed by atoms with Crippen LogP contribution in [0.2, 0.25) is 0 Å². The van der Waals surface area contributed by atoms with Gasteiger partial charge >= 0.3 is 5.97 Å². The minimum absolute atomic E-state index is 0.165. The number of carbonyl (C=O) groups excluding carboxylic acids is 2. The summed E-state index contributed by atoms with van der Waals surface area (Å²) in [5.41, 5.74) is 2.71. The molecule has 0 fully saturated rings. The van der Waals surface area contributed by atoms with E-state index in [2.05, 4.69) is 13.8 Å². The van der Waals surface area contributed by atoms with E-state index in [1.165, 1.54) is 89.5 Å². The fourth-order valence-electron chi connectivity index (χ4n) is 4.53. The molecular weight excluding hydrogens is 360 g/mol. The standard InChI is InChI=1S/C26H46O3/c1-22-24(26(3,4)20-19-25(22)28)18-16-14-12-10-8-6-5-7-9-11-13-15-17-21-29-23(2)27/h5-21H2,1-4H3. The minimum atomic E-state index is -0.165. The van der Waals surface area contributed by atoms with Crippen LogP contribution in [0.25, 0.3) is 0 Å². The van der Waals surface area contributed by atoms with Crippen LogP contribution in [0.4, 0.5) is 0 Å². The first-order valence-corrected chi connectivity index (χ1v) is 12.2. The van der Waals surface area contributed by atoms with Gasteiger partial charge in [-0.1, -0.05) is 90.0 Å². The fraction of sp³-hybridized carbons (Fsp3) is 0.846. The average molecular weight is 407 g/mol. The lowest BCUT2D eigenvalue weighted by Crippen LogP contribution is -2.25. The van der Waals surface area contributed by atoms with Crippen LogP contribution in [-0.4, -0.2) is 18.4 Å². The van der Waals surface area contributed by atoms with E-state index < -0.39 is 0 Å². The van der Waals surface area contributed by atoms with Crippen molar-refractivity contribution in [2.45, 2.75) is 130 Å². The van der Waals surface area contributed by atoms with Gasteiger partial charge in [0.2, 0.25) is 0 Å². The summed E-state index contributed by atoms with van der Waals surface area (Å²) in [7, 11) is 0. The molecule has 0 heterocycles. The van der Waals surface area contributed by atoms with Gasteiger partial charge in [0, 0.05) is 13.3 Å². The monoisotopic (exact) mass is 406 g/mol. The normalized spacial score (nSPS) is 16.3. The summed E-state index contributed by atoms with van der Waals surface area (Å²) >= 11 is 0. The predicted octanol–water partition coefficient (Wildman–Crippen LogP) is 7.72. The van der Waals surface area contributed by atoms with E-state index >= 15 is 0 Å². The number of esters is 1. The first-order valence-electron chi connectivity index (χ1n) is 12.2. The van der Waals surface area contributed by atoms with Gasteiger partial charge in [0.25, 0.3) is 0 Å². The number of ketones is 1. The Morgan fingerprint density at radius 2 is 1.28 bits per heavy atom. The lowest BCUT2D eigenvalue weighted by Gasteiger charge is -2.34. The molecule has 1 aliphatic rings. The number of carbonyl (C=O) groups is 2. The van der Waals surface area contributed by atoms with Crippen LogP contribution in [0, 0.1) is 5.41 Å². The van der Waals surface area contributed by atoms with Crippen molar-refractivity contribution in [1.82, 2.24) is 0 Å². The highest BCUT2D eigenvalue weighted by atomic mass is 16.5. The minimum Gasteiger partial charge on any atom is -0.466 e. The molecule has 0 aromatic carbocycles. The highest BCUT2D eigenvalue weighted by molar-refractivity contribution is 5.96. The molecule has 0 aromatic rings. The van der Waals surface area contributed by atoms with E-state index in [1.54, 1.807) is 0 Å². The zero-order chi connectivity index (χ0) is 21.5. The number of Topliss-reactive ketones (excluding diaryl/α,β-unsaturated/α-hetero) is 1. The van der Waals surface area contributed by atoms with Crippen LogP contribution < -0.4 is 0 Å². The summed E-state index contributed by atoms with van der Waals surface area (Å²) in [6, 6.07) is 0. The Kier molecular flexibility index (Phi) is 13.2. The molecule has 0 saturated carbocycles. The van der Waals surface area contributed by atoms with Crippen molar-refractivity contribution in [1.29, 1.82) is 0 Å². The highest BCUT2D eigenvalue weighted by Gasteiger charge is 2.31. The van der Waals surface area contributed by atoms with Gasteiger partial charge in [0.15, 0.2) is 5.78 Å². The number of allylic oxidation sites excluding steroid dienone is 2. The Labute approximate surface area is 180 Å². The maximum atomic E-state index is 12.0. The van der Waals surface area contributed by atoms with Crippen LogP contribution >= 0.6 is 0 Å². The quantitative estimate of drug-likeness (QED) is 0.195. The summed E-state index contributed by atoms with van der Waals surface area (Å²) in [5, 5.41) is 0. The molecule has 3 nitrogen and oxygen atoms in total. The molecule has 0 spiro atoms. The van der Waals surface area contributed by atoms with Gasteiger partial charge in [0.1, 0.15) is 0 Å². The molecule has 3 heteroatoms. The smallest absolute Gasteiger partial charge is 0.302 e. The van der Waals surface area contributed by atoms with Crippen molar-refractivity contribution in [3.63, 3.8) is 0 Å². The van der Waals surface area contributed by atoms with Crippen LogP contribution in [0.5, 0.6) is 0 Å². The summed E-state index contributed by atoms with van der Waals surface area (Å²) < 4.78 is 4.94. The topological polar surface area (TPSA) is 43.4 Å². The first-order chi connectivity index (χ1) is 13.8. The molecular formula is C26H46O3. The van der Waals surface area contributed by atoms with Gasteiger partial charge in [-0.15, -0.1) is 0 Å². The fourth-order valence-corrected chi connectivity index (χ4v) is 4.53. The van der Waals surface area contributed by atoms with Crippen molar-refractivity contribution in [2.75, 3.05) is 6.61 Å². The summed E-state index contributed by atoms with van der Waals surface area (Å²) in [6.45, 7) is 8.71. The van der Waals surface area contributed by atoms with Crippen molar-refractivity contribution >= 4 is 11.8 Å². The van der Waals surface area contributed by atoms with E-state index in [1.807, 2.05) is 6.92 Å². The van der Waals surface area contributed by atoms with E-state index in [9.17, 15) is 9.59 Å². The van der Waals surface area contributed by atoms with Crippen LogP contribution in [0.1, 0.15) is 130 Å². The van der Waals surface area contributed by atoms with Gasteiger partial charge in [-0.25, -0.2) is 0 Å². The molecule has 0 atom stereocenters. The number of hydrogen-bond donors (Lipinski definition) is 0. The first kappa shape index (κ1) is 25.9. The molecule has 0 N–H and O–H groups in total. The third-order valence-corrected chi connectivity index (χ3v) is 6.54. The summed E-state index contributed by atoms with van der Waals surface area (Å²) in [4.78, 5) is 22.7. The molecule has 0 aliphatic heterocycles. The van der Waals surface area contributed by atoms with Gasteiger partial charge in [-0.2, -0.15) is 0 Å². The van der Waals surface area contributed by atoms with E-state index in [0.717, 1.165) is 31.3 Å². The molecule has 29 heavy (non-hydrogen) atoms. The Morgan fingerprint density at radius 3 is 1.76 bits per heavy atom. The van der Waals surface area contributed by atoms with Gasteiger partial charge in [-0.05, 0) is 43.6 Å². The van der Waals surface area contributed by atoms with Crippen molar-refractivity contribution < 1.29 is 14.3 Å². The zero-order valence-corrected chi connectivity index (χ0v) is 19.7. The molecule has 0 amide bonds. The highest BCUT2D eigenvalue weighted by Crippen LogP contribution is 2.41. The number of rotatable bonds is 16. The van der Waals surface area contributed by atoms with E-state index in [4.69, 9.17) is 4.74 Å². The summed E-state index contributed by atoms with van der Waals surface area (Å²) in [5.74, 6) is 0.212. The Morgan fingerprint density at radius 1 is 0.828 bits per heavy atom. The molecule has 0 aromatic heterocycles. The van der Waals surface area contributed by atoms with Crippen molar-refractivity contribution in [3.05, 3.63) is 11.1 Å². The van der Waals surface area contributed by atoms with Gasteiger partial charge in [-0.3, -0.25) is 9.59 Å². The van der Waals surface area contributed by atoms with Crippen molar-refractivity contribution in [2.24, 2.45) is 5.41 Å². The zero-order valence-electron chi connectivity index (χ0n) is 19.7. The second kappa shape index (κ2) is 14.8. The Hall–Kier alpha value is -1.12. The second-order valence-electron chi connectivity index (χ2n) is 9.60. The Balaban J connectivity index is 1.90. The van der Waals surface area contributed by atoms with Crippen LogP contribution in [-0.2, 0) is 14.3 Å². The van der Waals surface area contributed by atoms with E-state index in [-0.39, 0.29) is 11.4 Å². The molecule has 0 saturated heterocycles. The van der Waals surface area contributed by atoms with Crippen LogP contribution in [0.15, 0.2) is 11.1 Å². The molecule has 168 valence electrons. The maximum absolute atomic E-state index is 12.0. The molecule has 0 unspecified atom stereocenters. The SMILES string of the molecule is CC(=O)OCCCCCCCCCCCCCCCC1=C(C)C(=O)CCC1(C)C. The number of unbranched alkanes of at least 4 members (excludes halogenated alkanes) is 12. The predicted molar refractivity (Wildman–Crippen MR) is 122 cm³/mol. The van der Waals surface area contributed by atoms with Gasteiger partial charge < -0.3 is 4.74 Å². The van der Waals surface area contributed by atoms with Crippen LogP contribution in [0.3, 0.4) is 0 Å². The lowest BCUT2D eigenvalue weighted by atomic mass is 9.70. The molecule has 1 rings (SSSR count). The third kappa shape index (κ3) is 11.6. The molecule has 1 aliphatic carbocycles. The molecule has 0 radical (unpaired) electrons. The third-order valence-electron chi connectivity index (χ3n) is 6.54. The van der Waals surface area contributed by atoms with Gasteiger partial charge in [0.05, 0.1) is 6.61 Å². The average Bonchev–Trinajstić information content (AvgIpc) is 2.66. The maximum Gasteiger partial charge on any atom is 0.302 e. The van der Waals surface area contributed by atoms with E-state index in [0.29, 0.717) is 12.4 Å². The number of ether oxygens (including phenoxy) is 1. The Bertz CT molecular complexity index is 516. The van der Waals surface area contributed by atoms with Crippen molar-refractivity contribution in [3.8, 4) is 0 Å². The molecule has 0 bridgehead atoms. The summed E-state index contributed by atoms with van der Waals surface area (Å²) in [6.07, 6.45) is 19.7. The largest absolute Gasteiger partial charge is 0.466 e. The lowest BCUT2D eigenvalue weighted by molar-refractivity contribution is -0.141. The number of hydrogen-bond acceptors (Lipinski definition) is 3.